The topological polar surface area (TPSA) is 136 Å². The number of nitrogens with one attached hydrogen (secondary N) is 3. The highest BCUT2D eigenvalue weighted by molar-refractivity contribution is 5.99. The van der Waals surface area contributed by atoms with Crippen LogP contribution in [0.15, 0.2) is 66.9 Å². The summed E-state index contributed by atoms with van der Waals surface area (Å²) in [6.07, 6.45) is 2.07. The Kier molecular flexibility index (Phi) is 11.6. The lowest BCUT2D eigenvalue weighted by molar-refractivity contribution is -0.127. The summed E-state index contributed by atoms with van der Waals surface area (Å²) < 4.78 is 10.5. The minimum atomic E-state index is -0.862. The lowest BCUT2D eigenvalue weighted by Gasteiger charge is -2.20. The van der Waals surface area contributed by atoms with E-state index in [1.807, 2.05) is 56.3 Å². The standard InChI is InChI=1S/C32H38N4O6/c1-20(2)15-27(36-31(39)24-12-13-28(41-4)29(17-24)42-5)32(40)35-19-25(37)18-34-30(38)21(3)22-9-8-10-23(16-22)26-11-6-7-14-33-26/h6-14,16-17,20-21,27H,15,18-19H2,1-5H3,(H,34,38)(H,35,40)(H,36,39)/t21?,27-/m0/s1. The molecule has 10 nitrogen and oxygen atoms in total. The summed E-state index contributed by atoms with van der Waals surface area (Å²) in [5.41, 5.74) is 2.78. The zero-order valence-electron chi connectivity index (χ0n) is 24.6. The molecule has 0 spiro atoms. The van der Waals surface area contributed by atoms with E-state index >= 15 is 0 Å². The van der Waals surface area contributed by atoms with E-state index in [0.29, 0.717) is 23.5 Å². The van der Waals surface area contributed by atoms with Gasteiger partial charge in [0.05, 0.1) is 38.9 Å². The number of pyridine rings is 1. The van der Waals surface area contributed by atoms with Crippen LogP contribution in [0.1, 0.15) is 49.0 Å². The molecule has 0 saturated carbocycles. The predicted molar refractivity (Wildman–Crippen MR) is 159 cm³/mol. The molecule has 0 fully saturated rings. The molecule has 1 heterocycles. The van der Waals surface area contributed by atoms with Gasteiger partial charge in [-0.15, -0.1) is 0 Å². The van der Waals surface area contributed by atoms with Crippen LogP contribution in [-0.2, 0) is 14.4 Å². The number of amides is 3. The van der Waals surface area contributed by atoms with E-state index < -0.39 is 23.8 Å². The Labute approximate surface area is 246 Å². The number of Topliss-reactive ketones (excluding diaryl/α,β-unsaturated/α-hetero) is 1. The lowest BCUT2D eigenvalue weighted by Crippen LogP contribution is -2.49. The van der Waals surface area contributed by atoms with Crippen molar-refractivity contribution in [3.05, 3.63) is 78.0 Å². The molecular formula is C32H38N4O6. The highest BCUT2D eigenvalue weighted by Gasteiger charge is 2.24. The number of ether oxygens (including phenoxy) is 2. The van der Waals surface area contributed by atoms with E-state index in [9.17, 15) is 19.2 Å². The van der Waals surface area contributed by atoms with Crippen molar-refractivity contribution < 1.29 is 28.7 Å². The highest BCUT2D eigenvalue weighted by Crippen LogP contribution is 2.27. The fourth-order valence-electron chi connectivity index (χ4n) is 4.28. The molecule has 3 N–H and O–H groups in total. The third-order valence-corrected chi connectivity index (χ3v) is 6.63. The van der Waals surface area contributed by atoms with E-state index in [1.165, 1.54) is 20.3 Å². The molecule has 3 amide bonds. The predicted octanol–water partition coefficient (Wildman–Crippen LogP) is 3.52. The van der Waals surface area contributed by atoms with E-state index in [-0.39, 0.29) is 30.7 Å². The van der Waals surface area contributed by atoms with Gasteiger partial charge in [0.2, 0.25) is 11.8 Å². The van der Waals surface area contributed by atoms with E-state index in [4.69, 9.17) is 9.47 Å². The van der Waals surface area contributed by atoms with Crippen LogP contribution in [0.5, 0.6) is 11.5 Å². The Morgan fingerprint density at radius 2 is 1.52 bits per heavy atom. The van der Waals surface area contributed by atoms with Crippen molar-refractivity contribution in [2.75, 3.05) is 27.3 Å². The fraction of sp³-hybridized carbons (Fsp3) is 0.344. The molecule has 42 heavy (non-hydrogen) atoms. The molecule has 0 radical (unpaired) electrons. The molecule has 0 saturated heterocycles. The number of hydrogen-bond donors (Lipinski definition) is 3. The second kappa shape index (κ2) is 15.3. The van der Waals surface area contributed by atoms with Crippen LogP contribution in [0, 0.1) is 5.92 Å². The molecule has 2 aromatic carbocycles. The molecule has 3 rings (SSSR count). The quantitative estimate of drug-likeness (QED) is 0.268. The van der Waals surface area contributed by atoms with Crippen LogP contribution in [0.25, 0.3) is 11.3 Å². The van der Waals surface area contributed by atoms with Crippen molar-refractivity contribution in [1.29, 1.82) is 0 Å². The minimum Gasteiger partial charge on any atom is -0.493 e. The minimum absolute atomic E-state index is 0.0964. The van der Waals surface area contributed by atoms with Crippen molar-refractivity contribution in [2.45, 2.75) is 39.2 Å². The monoisotopic (exact) mass is 574 g/mol. The second-order valence-electron chi connectivity index (χ2n) is 10.3. The lowest BCUT2D eigenvalue weighted by atomic mass is 9.97. The van der Waals surface area contributed by atoms with Gasteiger partial charge >= 0.3 is 0 Å². The van der Waals surface area contributed by atoms with Gasteiger partial charge in [0.15, 0.2) is 17.3 Å². The first-order chi connectivity index (χ1) is 20.1. The highest BCUT2D eigenvalue weighted by atomic mass is 16.5. The average Bonchev–Trinajstić information content (AvgIpc) is 3.01. The molecule has 0 bridgehead atoms. The summed E-state index contributed by atoms with van der Waals surface area (Å²) >= 11 is 0. The molecule has 10 heteroatoms. The van der Waals surface area contributed by atoms with Crippen molar-refractivity contribution in [3.8, 4) is 22.8 Å². The Morgan fingerprint density at radius 3 is 2.17 bits per heavy atom. The third-order valence-electron chi connectivity index (χ3n) is 6.63. The summed E-state index contributed by atoms with van der Waals surface area (Å²) in [5.74, 6) is -1.18. The van der Waals surface area contributed by atoms with Crippen LogP contribution in [0.2, 0.25) is 0 Å². The molecule has 0 aliphatic rings. The molecule has 0 aliphatic carbocycles. The number of aromatic nitrogens is 1. The summed E-state index contributed by atoms with van der Waals surface area (Å²) in [4.78, 5) is 55.5. The van der Waals surface area contributed by atoms with Crippen LogP contribution in [0.4, 0.5) is 0 Å². The number of methoxy groups -OCH3 is 2. The fourth-order valence-corrected chi connectivity index (χ4v) is 4.28. The van der Waals surface area contributed by atoms with E-state index in [0.717, 1.165) is 16.8 Å². The molecule has 1 unspecified atom stereocenters. The van der Waals surface area contributed by atoms with Gasteiger partial charge in [-0.1, -0.05) is 38.1 Å². The largest absolute Gasteiger partial charge is 0.493 e. The van der Waals surface area contributed by atoms with Gasteiger partial charge in [-0.25, -0.2) is 0 Å². The Balaban J connectivity index is 1.53. The number of hydrogen-bond acceptors (Lipinski definition) is 7. The molecule has 0 aliphatic heterocycles. The van der Waals surface area contributed by atoms with Crippen molar-refractivity contribution >= 4 is 23.5 Å². The molecule has 3 aromatic rings. The maximum Gasteiger partial charge on any atom is 0.252 e. The zero-order valence-corrected chi connectivity index (χ0v) is 24.6. The molecule has 222 valence electrons. The summed E-state index contributed by atoms with van der Waals surface area (Å²) in [7, 11) is 2.96. The molecular weight excluding hydrogens is 536 g/mol. The van der Waals surface area contributed by atoms with Crippen molar-refractivity contribution in [3.63, 3.8) is 0 Å². The van der Waals surface area contributed by atoms with Crippen LogP contribution < -0.4 is 25.4 Å². The maximum atomic E-state index is 12.9. The molecule has 2 atom stereocenters. The number of ketones is 1. The number of benzene rings is 2. The van der Waals surface area contributed by atoms with Gasteiger partial charge in [-0.2, -0.15) is 0 Å². The first-order valence-electron chi connectivity index (χ1n) is 13.7. The Morgan fingerprint density at radius 1 is 0.810 bits per heavy atom. The van der Waals surface area contributed by atoms with Gasteiger partial charge in [0.1, 0.15) is 6.04 Å². The van der Waals surface area contributed by atoms with Gasteiger partial charge in [0.25, 0.3) is 5.91 Å². The zero-order chi connectivity index (χ0) is 30.6. The van der Waals surface area contributed by atoms with E-state index in [2.05, 4.69) is 20.9 Å². The van der Waals surface area contributed by atoms with Crippen molar-refractivity contribution in [1.82, 2.24) is 20.9 Å². The van der Waals surface area contributed by atoms with Crippen LogP contribution >= 0.6 is 0 Å². The van der Waals surface area contributed by atoms with Gasteiger partial charge in [-0.05, 0) is 61.2 Å². The Hall–Kier alpha value is -4.73. The summed E-state index contributed by atoms with van der Waals surface area (Å²) in [5, 5.41) is 7.99. The number of nitrogens with zero attached hydrogens (tertiary/aromatic N) is 1. The van der Waals surface area contributed by atoms with Gasteiger partial charge < -0.3 is 25.4 Å². The van der Waals surface area contributed by atoms with Crippen LogP contribution in [-0.4, -0.2) is 61.8 Å². The number of carbonyl (C=O) groups excluding carboxylic acids is 4. The first-order valence-corrected chi connectivity index (χ1v) is 13.7. The third kappa shape index (κ3) is 8.89. The number of carbonyl (C=O) groups is 4. The average molecular weight is 575 g/mol. The smallest absolute Gasteiger partial charge is 0.252 e. The SMILES string of the molecule is COc1ccc(C(=O)N[C@@H](CC(C)C)C(=O)NCC(=O)CNC(=O)C(C)c2cccc(-c3ccccn3)c2)cc1OC. The normalized spacial score (nSPS) is 12.1. The van der Waals surface area contributed by atoms with Gasteiger partial charge in [0, 0.05) is 17.3 Å². The Bertz CT molecular complexity index is 1390. The van der Waals surface area contributed by atoms with Crippen molar-refractivity contribution in [2.24, 2.45) is 5.92 Å². The van der Waals surface area contributed by atoms with E-state index in [1.54, 1.807) is 25.3 Å². The number of rotatable bonds is 14. The summed E-state index contributed by atoms with van der Waals surface area (Å²) in [6, 6.07) is 17.0. The summed E-state index contributed by atoms with van der Waals surface area (Å²) in [6.45, 7) is 5.09. The second-order valence-corrected chi connectivity index (χ2v) is 10.3. The first kappa shape index (κ1) is 31.8. The maximum absolute atomic E-state index is 12.9. The van der Waals surface area contributed by atoms with Crippen LogP contribution in [0.3, 0.4) is 0 Å². The molecule has 1 aromatic heterocycles. The van der Waals surface area contributed by atoms with Gasteiger partial charge in [-0.3, -0.25) is 24.2 Å².